The molecule has 0 spiro atoms. The zero-order valence-electron chi connectivity index (χ0n) is 16.3. The minimum absolute atomic E-state index is 0. The number of benzene rings is 1. The van der Waals surface area contributed by atoms with Crippen molar-refractivity contribution in [1.82, 2.24) is 15.6 Å². The van der Waals surface area contributed by atoms with Gasteiger partial charge in [0.25, 0.3) is 0 Å². The second kappa shape index (κ2) is 11.4. The predicted octanol–water partition coefficient (Wildman–Crippen LogP) is 3.74. The normalized spacial score (nSPS) is 11.0. The van der Waals surface area contributed by atoms with E-state index in [0.29, 0.717) is 6.54 Å². The van der Waals surface area contributed by atoms with Crippen LogP contribution in [0, 0.1) is 13.8 Å². The van der Waals surface area contributed by atoms with E-state index < -0.39 is 0 Å². The highest BCUT2D eigenvalue weighted by molar-refractivity contribution is 14.0. The Morgan fingerprint density at radius 3 is 2.38 bits per heavy atom. The number of hydrogen-bond acceptors (Lipinski definition) is 4. The van der Waals surface area contributed by atoms with Gasteiger partial charge in [0.05, 0.1) is 12.2 Å². The molecule has 0 aliphatic rings. The largest absolute Gasteiger partial charge is 0.378 e. The molecule has 1 heterocycles. The number of anilines is 1. The van der Waals surface area contributed by atoms with Crippen LogP contribution in [0.1, 0.15) is 27.6 Å². The molecule has 26 heavy (non-hydrogen) atoms. The molecule has 0 saturated heterocycles. The van der Waals surface area contributed by atoms with Gasteiger partial charge in [-0.15, -0.1) is 35.3 Å². The lowest BCUT2D eigenvalue weighted by atomic mass is 10.1. The summed E-state index contributed by atoms with van der Waals surface area (Å²) < 4.78 is 0. The fraction of sp³-hybridized carbons (Fsp3) is 0.474. The quantitative estimate of drug-likeness (QED) is 0.271. The summed E-state index contributed by atoms with van der Waals surface area (Å²) in [5.74, 6) is 0.827. The van der Waals surface area contributed by atoms with Crippen molar-refractivity contribution in [3.8, 4) is 0 Å². The first-order chi connectivity index (χ1) is 12.0. The third-order valence-electron chi connectivity index (χ3n) is 4.09. The average molecular weight is 487 g/mol. The SMILES string of the molecule is CN=C(NCCCc1ccc(N(C)C)cc1)NCc1nc(C)c(C)s1.I. The number of halogens is 1. The fourth-order valence-corrected chi connectivity index (χ4v) is 3.33. The van der Waals surface area contributed by atoms with Gasteiger partial charge in [-0.2, -0.15) is 0 Å². The van der Waals surface area contributed by atoms with E-state index in [4.69, 9.17) is 0 Å². The van der Waals surface area contributed by atoms with E-state index in [1.807, 2.05) is 6.92 Å². The van der Waals surface area contributed by atoms with Crippen molar-refractivity contribution >= 4 is 47.0 Å². The van der Waals surface area contributed by atoms with Crippen molar-refractivity contribution in [1.29, 1.82) is 0 Å². The number of aryl methyl sites for hydroxylation is 3. The van der Waals surface area contributed by atoms with Crippen LogP contribution in [-0.4, -0.2) is 38.6 Å². The van der Waals surface area contributed by atoms with Gasteiger partial charge in [0, 0.05) is 38.3 Å². The lowest BCUT2D eigenvalue weighted by Gasteiger charge is -2.13. The Morgan fingerprint density at radius 1 is 1.15 bits per heavy atom. The van der Waals surface area contributed by atoms with Crippen LogP contribution in [0.5, 0.6) is 0 Å². The van der Waals surface area contributed by atoms with Crippen molar-refractivity contribution in [3.63, 3.8) is 0 Å². The van der Waals surface area contributed by atoms with Crippen molar-refractivity contribution < 1.29 is 0 Å². The van der Waals surface area contributed by atoms with Crippen molar-refractivity contribution in [2.75, 3.05) is 32.6 Å². The van der Waals surface area contributed by atoms with Gasteiger partial charge in [0.2, 0.25) is 0 Å². The molecule has 0 radical (unpaired) electrons. The average Bonchev–Trinajstić information content (AvgIpc) is 2.92. The summed E-state index contributed by atoms with van der Waals surface area (Å²) in [5.41, 5.74) is 3.72. The van der Waals surface area contributed by atoms with Gasteiger partial charge in [-0.05, 0) is 44.4 Å². The summed E-state index contributed by atoms with van der Waals surface area (Å²) in [4.78, 5) is 12.2. The van der Waals surface area contributed by atoms with Crippen LogP contribution >= 0.6 is 35.3 Å². The molecule has 0 fully saturated rings. The molecule has 0 aliphatic heterocycles. The Hall–Kier alpha value is -1.35. The molecule has 2 rings (SSSR count). The number of nitrogens with one attached hydrogen (secondary N) is 2. The van der Waals surface area contributed by atoms with Gasteiger partial charge >= 0.3 is 0 Å². The number of aromatic nitrogens is 1. The summed E-state index contributed by atoms with van der Waals surface area (Å²) in [5, 5.41) is 7.79. The van der Waals surface area contributed by atoms with Gasteiger partial charge in [-0.3, -0.25) is 4.99 Å². The summed E-state index contributed by atoms with van der Waals surface area (Å²) in [6, 6.07) is 8.74. The van der Waals surface area contributed by atoms with Crippen LogP contribution in [-0.2, 0) is 13.0 Å². The summed E-state index contributed by atoms with van der Waals surface area (Å²) in [7, 11) is 5.92. The Labute approximate surface area is 178 Å². The number of thiazole rings is 1. The first-order valence-corrected chi connectivity index (χ1v) is 9.45. The minimum Gasteiger partial charge on any atom is -0.378 e. The van der Waals surface area contributed by atoms with Gasteiger partial charge in [-0.1, -0.05) is 12.1 Å². The maximum atomic E-state index is 4.54. The highest BCUT2D eigenvalue weighted by atomic mass is 127. The zero-order valence-corrected chi connectivity index (χ0v) is 19.4. The third-order valence-corrected chi connectivity index (χ3v) is 5.16. The molecule has 2 aromatic rings. The van der Waals surface area contributed by atoms with E-state index in [-0.39, 0.29) is 24.0 Å². The third kappa shape index (κ3) is 7.11. The standard InChI is InChI=1S/C19H29N5S.HI/c1-14-15(2)25-18(23-14)13-22-19(20-3)21-12-6-7-16-8-10-17(11-9-16)24(4)5;/h8-11H,6-7,12-13H2,1-5H3,(H2,20,21,22);1H. The smallest absolute Gasteiger partial charge is 0.191 e. The summed E-state index contributed by atoms with van der Waals surface area (Å²) in [6.07, 6.45) is 2.13. The molecule has 7 heteroatoms. The van der Waals surface area contributed by atoms with Crippen LogP contribution in [0.25, 0.3) is 0 Å². The Kier molecular flexibility index (Phi) is 9.93. The molecule has 1 aromatic heterocycles. The van der Waals surface area contributed by atoms with Crippen LogP contribution in [0.3, 0.4) is 0 Å². The molecular weight excluding hydrogens is 457 g/mol. The minimum atomic E-state index is 0. The Balaban J connectivity index is 0.00000338. The van der Waals surface area contributed by atoms with E-state index in [1.54, 1.807) is 18.4 Å². The predicted molar refractivity (Wildman–Crippen MR) is 124 cm³/mol. The molecule has 0 atom stereocenters. The van der Waals surface area contributed by atoms with Crippen molar-refractivity contribution in [2.45, 2.75) is 33.2 Å². The first-order valence-electron chi connectivity index (χ1n) is 8.63. The number of aliphatic imine (C=N–C) groups is 1. The van der Waals surface area contributed by atoms with E-state index in [2.05, 4.69) is 70.8 Å². The van der Waals surface area contributed by atoms with Gasteiger partial charge in [-0.25, -0.2) is 4.98 Å². The van der Waals surface area contributed by atoms with Crippen molar-refractivity contribution in [2.24, 2.45) is 4.99 Å². The number of nitrogens with zero attached hydrogens (tertiary/aromatic N) is 3. The number of rotatable bonds is 7. The molecule has 5 nitrogen and oxygen atoms in total. The Bertz CT molecular complexity index is 675. The highest BCUT2D eigenvalue weighted by Gasteiger charge is 2.04. The lowest BCUT2D eigenvalue weighted by molar-refractivity contribution is 0.740. The molecular formula is C19H30IN5S. The summed E-state index contributed by atoms with van der Waals surface area (Å²) >= 11 is 1.74. The van der Waals surface area contributed by atoms with E-state index in [1.165, 1.54) is 16.1 Å². The van der Waals surface area contributed by atoms with Gasteiger partial charge < -0.3 is 15.5 Å². The Morgan fingerprint density at radius 2 is 1.85 bits per heavy atom. The first kappa shape index (κ1) is 22.7. The van der Waals surface area contributed by atoms with Crippen molar-refractivity contribution in [3.05, 3.63) is 45.4 Å². The highest BCUT2D eigenvalue weighted by Crippen LogP contribution is 2.16. The van der Waals surface area contributed by atoms with Crippen LogP contribution < -0.4 is 15.5 Å². The summed E-state index contributed by atoms with van der Waals surface area (Å²) in [6.45, 7) is 5.76. The van der Waals surface area contributed by atoms with E-state index in [0.717, 1.165) is 36.0 Å². The number of hydrogen-bond donors (Lipinski definition) is 2. The lowest BCUT2D eigenvalue weighted by Crippen LogP contribution is -2.37. The second-order valence-corrected chi connectivity index (χ2v) is 7.55. The molecule has 0 amide bonds. The molecule has 0 bridgehead atoms. The molecule has 0 saturated carbocycles. The maximum absolute atomic E-state index is 4.54. The van der Waals surface area contributed by atoms with E-state index >= 15 is 0 Å². The topological polar surface area (TPSA) is 52.6 Å². The zero-order chi connectivity index (χ0) is 18.2. The van der Waals surface area contributed by atoms with Crippen LogP contribution in [0.4, 0.5) is 5.69 Å². The van der Waals surface area contributed by atoms with Gasteiger partial charge in [0.1, 0.15) is 5.01 Å². The molecule has 0 aliphatic carbocycles. The molecule has 144 valence electrons. The molecule has 1 aromatic carbocycles. The molecule has 0 unspecified atom stereocenters. The van der Waals surface area contributed by atoms with Crippen LogP contribution in [0.2, 0.25) is 0 Å². The van der Waals surface area contributed by atoms with Gasteiger partial charge in [0.15, 0.2) is 5.96 Å². The monoisotopic (exact) mass is 487 g/mol. The van der Waals surface area contributed by atoms with Crippen LogP contribution in [0.15, 0.2) is 29.3 Å². The second-order valence-electron chi connectivity index (χ2n) is 6.27. The molecule has 2 N–H and O–H groups in total. The fourth-order valence-electron chi connectivity index (χ4n) is 2.45. The maximum Gasteiger partial charge on any atom is 0.191 e. The van der Waals surface area contributed by atoms with E-state index in [9.17, 15) is 0 Å². The number of guanidine groups is 1.